The van der Waals surface area contributed by atoms with Crippen molar-refractivity contribution < 1.29 is 14.6 Å². The monoisotopic (exact) mass is 286 g/mol. The molecule has 0 saturated carbocycles. The molecule has 21 heavy (non-hydrogen) atoms. The highest BCUT2D eigenvalue weighted by Crippen LogP contribution is 2.31. The van der Waals surface area contributed by atoms with Gasteiger partial charge in [-0.1, -0.05) is 35.4 Å². The largest absolute Gasteiger partial charge is 0.493 e. The van der Waals surface area contributed by atoms with Crippen molar-refractivity contribution in [2.45, 2.75) is 33.5 Å². The van der Waals surface area contributed by atoms with E-state index in [-0.39, 0.29) is 0 Å². The van der Waals surface area contributed by atoms with E-state index in [1.54, 1.807) is 14.0 Å². The van der Waals surface area contributed by atoms with Gasteiger partial charge in [-0.15, -0.1) is 0 Å². The minimum Gasteiger partial charge on any atom is -0.493 e. The second kappa shape index (κ2) is 6.64. The van der Waals surface area contributed by atoms with Gasteiger partial charge >= 0.3 is 0 Å². The van der Waals surface area contributed by atoms with Gasteiger partial charge in [-0.25, -0.2) is 0 Å². The van der Waals surface area contributed by atoms with E-state index in [2.05, 4.69) is 32.0 Å². The minimum atomic E-state index is -0.521. The average molecular weight is 286 g/mol. The number of hydrogen-bond acceptors (Lipinski definition) is 3. The summed E-state index contributed by atoms with van der Waals surface area (Å²) in [5.41, 5.74) is 4.40. The van der Waals surface area contributed by atoms with Gasteiger partial charge in [0.05, 0.1) is 13.2 Å². The number of benzene rings is 2. The molecule has 2 aromatic carbocycles. The zero-order valence-corrected chi connectivity index (χ0v) is 13.0. The molecule has 112 valence electrons. The highest BCUT2D eigenvalue weighted by atomic mass is 16.5. The van der Waals surface area contributed by atoms with Crippen molar-refractivity contribution in [3.05, 3.63) is 58.7 Å². The van der Waals surface area contributed by atoms with Crippen molar-refractivity contribution in [3.8, 4) is 11.5 Å². The summed E-state index contributed by atoms with van der Waals surface area (Å²) in [7, 11) is 1.60. The van der Waals surface area contributed by atoms with E-state index in [1.807, 2.05) is 18.2 Å². The Balaban J connectivity index is 2.15. The summed E-state index contributed by atoms with van der Waals surface area (Å²) in [6, 6.07) is 11.9. The first kappa shape index (κ1) is 15.4. The van der Waals surface area contributed by atoms with Gasteiger partial charge in [-0.05, 0) is 44.0 Å². The molecule has 3 heteroatoms. The predicted octanol–water partition coefficient (Wildman–Crippen LogP) is 3.94. The summed E-state index contributed by atoms with van der Waals surface area (Å²) < 4.78 is 11.2. The van der Waals surface area contributed by atoms with Crippen LogP contribution in [-0.2, 0) is 6.61 Å². The zero-order valence-electron chi connectivity index (χ0n) is 13.0. The van der Waals surface area contributed by atoms with E-state index in [9.17, 15) is 5.11 Å². The van der Waals surface area contributed by atoms with Crippen LogP contribution >= 0.6 is 0 Å². The maximum atomic E-state index is 9.61. The van der Waals surface area contributed by atoms with Crippen molar-refractivity contribution in [3.63, 3.8) is 0 Å². The topological polar surface area (TPSA) is 38.7 Å². The molecule has 0 aliphatic carbocycles. The third-order valence-electron chi connectivity index (χ3n) is 3.35. The minimum absolute atomic E-state index is 0.493. The molecule has 2 rings (SSSR count). The van der Waals surface area contributed by atoms with Crippen molar-refractivity contribution in [2.75, 3.05) is 7.11 Å². The van der Waals surface area contributed by atoms with E-state index < -0.39 is 6.10 Å². The first-order valence-electron chi connectivity index (χ1n) is 7.05. The van der Waals surface area contributed by atoms with Crippen molar-refractivity contribution in [1.29, 1.82) is 0 Å². The lowest BCUT2D eigenvalue weighted by atomic mass is 10.1. The van der Waals surface area contributed by atoms with Gasteiger partial charge in [0.2, 0.25) is 0 Å². The van der Waals surface area contributed by atoms with Gasteiger partial charge in [0, 0.05) is 0 Å². The standard InChI is InChI=1S/C18H22O3/c1-12-7-13(2)9-15(8-12)11-21-17-6-5-16(14(3)19)10-18(17)20-4/h5-10,14,19H,11H2,1-4H3/t14-/m0/s1. The quantitative estimate of drug-likeness (QED) is 0.904. The van der Waals surface area contributed by atoms with Crippen LogP contribution in [0.2, 0.25) is 0 Å². The first-order chi connectivity index (χ1) is 9.99. The summed E-state index contributed by atoms with van der Waals surface area (Å²) in [6.45, 7) is 6.38. The molecule has 1 N–H and O–H groups in total. The molecule has 0 aliphatic rings. The van der Waals surface area contributed by atoms with Crippen molar-refractivity contribution >= 4 is 0 Å². The molecule has 1 atom stereocenters. The van der Waals surface area contributed by atoms with Gasteiger partial charge in [0.25, 0.3) is 0 Å². The molecular formula is C18H22O3. The fraction of sp³-hybridized carbons (Fsp3) is 0.333. The van der Waals surface area contributed by atoms with Crippen LogP contribution in [0, 0.1) is 13.8 Å². The molecule has 0 saturated heterocycles. The van der Waals surface area contributed by atoms with E-state index in [1.165, 1.54) is 11.1 Å². The second-order valence-corrected chi connectivity index (χ2v) is 5.37. The number of hydrogen-bond donors (Lipinski definition) is 1. The number of methoxy groups -OCH3 is 1. The van der Waals surface area contributed by atoms with Crippen LogP contribution in [0.1, 0.15) is 35.3 Å². The molecule has 0 fully saturated rings. The number of aliphatic hydroxyl groups is 1. The Morgan fingerprint density at radius 1 is 1.00 bits per heavy atom. The number of aliphatic hydroxyl groups excluding tert-OH is 1. The fourth-order valence-corrected chi connectivity index (χ4v) is 2.38. The average Bonchev–Trinajstić information content (AvgIpc) is 2.43. The number of ether oxygens (including phenoxy) is 2. The third-order valence-corrected chi connectivity index (χ3v) is 3.35. The Bertz CT molecular complexity index is 598. The Morgan fingerprint density at radius 2 is 1.67 bits per heavy atom. The first-order valence-corrected chi connectivity index (χ1v) is 7.05. The van der Waals surface area contributed by atoms with Crippen LogP contribution in [0.15, 0.2) is 36.4 Å². The molecule has 0 unspecified atom stereocenters. The molecule has 2 aromatic rings. The highest BCUT2D eigenvalue weighted by Gasteiger charge is 2.09. The third kappa shape index (κ3) is 3.99. The molecule has 0 aromatic heterocycles. The molecule has 3 nitrogen and oxygen atoms in total. The van der Waals surface area contributed by atoms with E-state index in [0.29, 0.717) is 18.1 Å². The maximum Gasteiger partial charge on any atom is 0.161 e. The fourth-order valence-electron chi connectivity index (χ4n) is 2.38. The van der Waals surface area contributed by atoms with E-state index in [4.69, 9.17) is 9.47 Å². The Labute approximate surface area is 126 Å². The number of rotatable bonds is 5. The lowest BCUT2D eigenvalue weighted by Crippen LogP contribution is -2.00. The lowest BCUT2D eigenvalue weighted by Gasteiger charge is -2.14. The summed E-state index contributed by atoms with van der Waals surface area (Å²) in [5.74, 6) is 1.32. The second-order valence-electron chi connectivity index (χ2n) is 5.37. The Hall–Kier alpha value is -2.00. The van der Waals surface area contributed by atoms with Crippen LogP contribution in [-0.4, -0.2) is 12.2 Å². The van der Waals surface area contributed by atoms with Gasteiger partial charge in [-0.3, -0.25) is 0 Å². The molecule has 0 amide bonds. The Morgan fingerprint density at radius 3 is 2.24 bits per heavy atom. The summed E-state index contributed by atoms with van der Waals surface area (Å²) in [6.07, 6.45) is -0.521. The van der Waals surface area contributed by atoms with Gasteiger partial charge in [-0.2, -0.15) is 0 Å². The van der Waals surface area contributed by atoms with Gasteiger partial charge in [0.1, 0.15) is 6.61 Å². The maximum absolute atomic E-state index is 9.61. The molecular weight excluding hydrogens is 264 g/mol. The summed E-state index contributed by atoms with van der Waals surface area (Å²) >= 11 is 0. The zero-order chi connectivity index (χ0) is 15.4. The lowest BCUT2D eigenvalue weighted by molar-refractivity contribution is 0.198. The SMILES string of the molecule is COc1cc([C@H](C)O)ccc1OCc1cc(C)cc(C)c1. The summed E-state index contributed by atoms with van der Waals surface area (Å²) in [5, 5.41) is 9.61. The van der Waals surface area contributed by atoms with Crippen molar-refractivity contribution in [2.24, 2.45) is 0 Å². The van der Waals surface area contributed by atoms with Gasteiger partial charge < -0.3 is 14.6 Å². The Kier molecular flexibility index (Phi) is 4.86. The molecule has 0 aliphatic heterocycles. The predicted molar refractivity (Wildman–Crippen MR) is 83.9 cm³/mol. The van der Waals surface area contributed by atoms with E-state index in [0.717, 1.165) is 11.1 Å². The van der Waals surface area contributed by atoms with Crippen LogP contribution in [0.3, 0.4) is 0 Å². The normalized spacial score (nSPS) is 12.0. The highest BCUT2D eigenvalue weighted by molar-refractivity contribution is 5.43. The van der Waals surface area contributed by atoms with Gasteiger partial charge in [0.15, 0.2) is 11.5 Å². The van der Waals surface area contributed by atoms with Crippen LogP contribution in [0.4, 0.5) is 0 Å². The molecule has 0 bridgehead atoms. The number of aryl methyl sites for hydroxylation is 2. The molecule has 0 heterocycles. The molecule has 0 spiro atoms. The summed E-state index contributed by atoms with van der Waals surface area (Å²) in [4.78, 5) is 0. The van der Waals surface area contributed by atoms with Crippen LogP contribution < -0.4 is 9.47 Å². The van der Waals surface area contributed by atoms with Crippen LogP contribution in [0.25, 0.3) is 0 Å². The van der Waals surface area contributed by atoms with Crippen molar-refractivity contribution in [1.82, 2.24) is 0 Å². The van der Waals surface area contributed by atoms with Crippen LogP contribution in [0.5, 0.6) is 11.5 Å². The molecule has 0 radical (unpaired) electrons. The smallest absolute Gasteiger partial charge is 0.161 e. The van der Waals surface area contributed by atoms with E-state index >= 15 is 0 Å².